The topological polar surface area (TPSA) is 95.0 Å². The molecule has 4 heterocycles. The molecule has 1 aliphatic rings. The quantitative estimate of drug-likeness (QED) is 0.373. The van der Waals surface area contributed by atoms with E-state index in [-0.39, 0.29) is 5.52 Å². The van der Waals surface area contributed by atoms with E-state index in [1.807, 2.05) is 12.1 Å². The van der Waals surface area contributed by atoms with Gasteiger partial charge in [0.2, 0.25) is 0 Å². The number of piperidine rings is 1. The van der Waals surface area contributed by atoms with Crippen molar-refractivity contribution in [1.29, 1.82) is 0 Å². The summed E-state index contributed by atoms with van der Waals surface area (Å²) in [4.78, 5) is 29.8. The van der Waals surface area contributed by atoms with Gasteiger partial charge >= 0.3 is 5.97 Å². The number of carboxylic acids is 1. The summed E-state index contributed by atoms with van der Waals surface area (Å²) >= 11 is 0. The highest BCUT2D eigenvalue weighted by atomic mass is 19.3. The van der Waals surface area contributed by atoms with E-state index in [2.05, 4.69) is 24.8 Å². The van der Waals surface area contributed by atoms with Crippen molar-refractivity contribution in [3.63, 3.8) is 0 Å². The Bertz CT molecular complexity index is 1420. The van der Waals surface area contributed by atoms with Gasteiger partial charge in [-0.3, -0.25) is 9.78 Å². The normalized spacial score (nSPS) is 15.9. The second-order valence-electron chi connectivity index (χ2n) is 9.51. The molecule has 0 unspecified atom stereocenters. The van der Waals surface area contributed by atoms with E-state index in [0.717, 1.165) is 23.5 Å². The fourth-order valence-electron chi connectivity index (χ4n) is 4.38. The van der Waals surface area contributed by atoms with Gasteiger partial charge < -0.3 is 15.0 Å². The number of pyridine rings is 2. The lowest BCUT2D eigenvalue weighted by Gasteiger charge is -2.37. The number of anilines is 1. The second-order valence-corrected chi connectivity index (χ2v) is 9.51. The molecule has 4 aromatic rings. The molecule has 5 rings (SSSR count). The van der Waals surface area contributed by atoms with E-state index in [0.29, 0.717) is 55.5 Å². The largest absolute Gasteiger partial charge is 0.481 e. The highest BCUT2D eigenvalue weighted by molar-refractivity contribution is 5.80. The predicted octanol–water partition coefficient (Wildman–Crippen LogP) is 5.63. The minimum atomic E-state index is -3.30. The number of aliphatic carboxylic acids is 1. The molecule has 186 valence electrons. The number of carbonyl (C=O) groups is 1. The number of aromatic amines is 1. The molecule has 0 aliphatic carbocycles. The van der Waals surface area contributed by atoms with Crippen molar-refractivity contribution in [2.75, 3.05) is 18.0 Å². The lowest BCUT2D eigenvalue weighted by Crippen LogP contribution is -2.43. The number of carboxylic acid groups (broad SMARTS) is 1. The van der Waals surface area contributed by atoms with Gasteiger partial charge in [0.05, 0.1) is 27.7 Å². The van der Waals surface area contributed by atoms with Crippen molar-refractivity contribution >= 4 is 22.8 Å². The van der Waals surface area contributed by atoms with Crippen LogP contribution in [-0.2, 0) is 10.7 Å². The molecule has 10 heteroatoms. The van der Waals surface area contributed by atoms with Gasteiger partial charge in [0.25, 0.3) is 5.92 Å². The monoisotopic (exact) mass is 495 g/mol. The smallest absolute Gasteiger partial charge is 0.309 e. The van der Waals surface area contributed by atoms with Crippen molar-refractivity contribution in [1.82, 2.24) is 19.9 Å². The number of benzene rings is 1. The second kappa shape index (κ2) is 8.61. The minimum absolute atomic E-state index is 0.251. The van der Waals surface area contributed by atoms with E-state index in [1.54, 1.807) is 31.5 Å². The van der Waals surface area contributed by atoms with Crippen LogP contribution < -0.4 is 4.90 Å². The molecule has 1 aliphatic heterocycles. The van der Waals surface area contributed by atoms with Crippen LogP contribution in [0.5, 0.6) is 0 Å². The van der Waals surface area contributed by atoms with Gasteiger partial charge in [-0.1, -0.05) is 0 Å². The van der Waals surface area contributed by atoms with Crippen LogP contribution in [0.15, 0.2) is 48.8 Å². The van der Waals surface area contributed by atoms with Gasteiger partial charge in [0, 0.05) is 49.6 Å². The first kappa shape index (κ1) is 23.8. The molecular weight excluding hydrogens is 471 g/mol. The fourth-order valence-corrected chi connectivity index (χ4v) is 4.38. The summed E-state index contributed by atoms with van der Waals surface area (Å²) < 4.78 is 41.4. The summed E-state index contributed by atoms with van der Waals surface area (Å²) in [5, 5.41) is 9.41. The van der Waals surface area contributed by atoms with Gasteiger partial charge in [-0.05, 0) is 50.1 Å². The maximum Gasteiger partial charge on any atom is 0.309 e. The molecule has 0 bridgehead atoms. The van der Waals surface area contributed by atoms with Crippen LogP contribution in [0.25, 0.3) is 33.7 Å². The molecule has 1 aromatic carbocycles. The van der Waals surface area contributed by atoms with E-state index in [4.69, 9.17) is 0 Å². The number of alkyl halides is 2. The van der Waals surface area contributed by atoms with Crippen LogP contribution in [0.1, 0.15) is 32.3 Å². The summed E-state index contributed by atoms with van der Waals surface area (Å²) in [5.74, 6) is -3.88. The van der Waals surface area contributed by atoms with Gasteiger partial charge in [0.1, 0.15) is 17.5 Å². The number of nitrogens with zero attached hydrogens (tertiary/aromatic N) is 4. The van der Waals surface area contributed by atoms with Crippen LogP contribution >= 0.6 is 0 Å². The maximum absolute atomic E-state index is 14.1. The number of fused-ring (bicyclic) bond motifs is 1. The standard InChI is InChI=1S/C26H24F3N5O2/c1-25(24(35)36)7-9-34(10-8-25)22-6-4-15(13-31-22)19-5-3-16(14-30-19)23-32-20-11-17(26(2,28)29)18(27)12-21(20)33-23/h3-6,11-14H,7-10H2,1-2H3,(H,32,33)(H,35,36). The molecule has 0 spiro atoms. The number of H-pyrrole nitrogens is 1. The third-order valence-corrected chi connectivity index (χ3v) is 6.83. The maximum atomic E-state index is 14.1. The highest BCUT2D eigenvalue weighted by Crippen LogP contribution is 2.34. The zero-order chi connectivity index (χ0) is 25.7. The predicted molar refractivity (Wildman–Crippen MR) is 129 cm³/mol. The van der Waals surface area contributed by atoms with Crippen molar-refractivity contribution in [3.8, 4) is 22.6 Å². The third kappa shape index (κ3) is 4.38. The molecule has 1 saturated heterocycles. The number of hydrogen-bond donors (Lipinski definition) is 2. The van der Waals surface area contributed by atoms with Crippen molar-refractivity contribution in [2.45, 2.75) is 32.6 Å². The lowest BCUT2D eigenvalue weighted by molar-refractivity contribution is -0.149. The third-order valence-electron chi connectivity index (χ3n) is 6.83. The number of aromatic nitrogens is 4. The molecule has 0 amide bonds. The van der Waals surface area contributed by atoms with E-state index in [1.165, 1.54) is 0 Å². The Morgan fingerprint density at radius 2 is 1.78 bits per heavy atom. The fraction of sp³-hybridized carbons (Fsp3) is 0.308. The average molecular weight is 496 g/mol. The molecule has 0 saturated carbocycles. The van der Waals surface area contributed by atoms with Gasteiger partial charge in [0.15, 0.2) is 0 Å². The average Bonchev–Trinajstić information content (AvgIpc) is 3.26. The van der Waals surface area contributed by atoms with Gasteiger partial charge in [-0.25, -0.2) is 23.1 Å². The Hall–Kier alpha value is -3.95. The Kier molecular flexibility index (Phi) is 5.69. The first-order chi connectivity index (χ1) is 17.0. The lowest BCUT2D eigenvalue weighted by atomic mass is 9.80. The molecule has 0 atom stereocenters. The van der Waals surface area contributed by atoms with Gasteiger partial charge in [-0.15, -0.1) is 0 Å². The number of hydrogen-bond acceptors (Lipinski definition) is 5. The molecular formula is C26H24F3N5O2. The van der Waals surface area contributed by atoms with Crippen LogP contribution in [0.4, 0.5) is 19.0 Å². The Balaban J connectivity index is 1.32. The molecule has 1 fully saturated rings. The molecule has 3 aromatic heterocycles. The Morgan fingerprint density at radius 1 is 1.08 bits per heavy atom. The summed E-state index contributed by atoms with van der Waals surface area (Å²) in [5.41, 5.74) is 1.30. The summed E-state index contributed by atoms with van der Waals surface area (Å²) in [6.07, 6.45) is 4.44. The van der Waals surface area contributed by atoms with E-state index in [9.17, 15) is 23.1 Å². The SMILES string of the molecule is CC1(C(=O)O)CCN(c2ccc(-c3ccc(-c4nc5cc(F)c(C(C)(F)F)cc5[nH]4)cn3)cn2)CC1. The number of imidazole rings is 1. The Morgan fingerprint density at radius 3 is 2.36 bits per heavy atom. The number of rotatable bonds is 5. The van der Waals surface area contributed by atoms with E-state index >= 15 is 0 Å². The zero-order valence-electron chi connectivity index (χ0n) is 19.7. The van der Waals surface area contributed by atoms with E-state index < -0.39 is 28.7 Å². The van der Waals surface area contributed by atoms with Crippen LogP contribution in [-0.4, -0.2) is 44.1 Å². The number of nitrogens with one attached hydrogen (secondary N) is 1. The number of halogens is 3. The zero-order valence-corrected chi connectivity index (χ0v) is 19.7. The van der Waals surface area contributed by atoms with Crippen LogP contribution in [0.3, 0.4) is 0 Å². The Labute approximate surface area is 205 Å². The van der Waals surface area contributed by atoms with Crippen LogP contribution in [0.2, 0.25) is 0 Å². The molecule has 0 radical (unpaired) electrons. The summed E-state index contributed by atoms with van der Waals surface area (Å²) in [7, 11) is 0. The molecule has 7 nitrogen and oxygen atoms in total. The minimum Gasteiger partial charge on any atom is -0.481 e. The molecule has 2 N–H and O–H groups in total. The molecule has 36 heavy (non-hydrogen) atoms. The summed E-state index contributed by atoms with van der Waals surface area (Å²) in [6.45, 7) is 3.69. The first-order valence-corrected chi connectivity index (χ1v) is 11.5. The van der Waals surface area contributed by atoms with Crippen molar-refractivity contribution < 1.29 is 23.1 Å². The van der Waals surface area contributed by atoms with Gasteiger partial charge in [-0.2, -0.15) is 0 Å². The van der Waals surface area contributed by atoms with Crippen LogP contribution in [0, 0.1) is 11.2 Å². The summed E-state index contributed by atoms with van der Waals surface area (Å²) in [6, 6.07) is 9.47. The van der Waals surface area contributed by atoms with Crippen molar-refractivity contribution in [2.24, 2.45) is 5.41 Å². The highest BCUT2D eigenvalue weighted by Gasteiger charge is 2.37. The first-order valence-electron chi connectivity index (χ1n) is 11.5. The van der Waals surface area contributed by atoms with Crippen molar-refractivity contribution in [3.05, 3.63) is 60.2 Å².